The zero-order chi connectivity index (χ0) is 17.6. The number of rotatable bonds is 5. The number of Topliss-reactive ketones (excluding diaryl/α,β-unsaturated/α-hetero) is 1. The Morgan fingerprint density at radius 3 is 2.12 bits per heavy atom. The fourth-order valence-corrected chi connectivity index (χ4v) is 2.55. The highest BCUT2D eigenvalue weighted by Gasteiger charge is 2.12. The maximum absolute atomic E-state index is 12.2. The van der Waals surface area contributed by atoms with E-state index < -0.39 is 5.97 Å². The third-order valence-corrected chi connectivity index (χ3v) is 3.90. The van der Waals surface area contributed by atoms with Gasteiger partial charge in [-0.1, -0.05) is 72.3 Å². The van der Waals surface area contributed by atoms with E-state index in [1.54, 1.807) is 30.3 Å². The highest BCUT2D eigenvalue weighted by molar-refractivity contribution is 5.99. The van der Waals surface area contributed by atoms with Gasteiger partial charge in [-0.05, 0) is 30.2 Å². The molecule has 0 bridgehead atoms. The SMILES string of the molecule is Cc1cccc(C(=O)OCC(=O)c2ccc(-c3ccccc3)cc2)c1. The number of benzene rings is 3. The first-order valence-electron chi connectivity index (χ1n) is 8.06. The molecular formula is C22H18O3. The van der Waals surface area contributed by atoms with Crippen LogP contribution in [0.2, 0.25) is 0 Å². The van der Waals surface area contributed by atoms with Crippen molar-refractivity contribution in [3.63, 3.8) is 0 Å². The maximum Gasteiger partial charge on any atom is 0.338 e. The second kappa shape index (κ2) is 7.58. The first-order chi connectivity index (χ1) is 12.1. The first kappa shape index (κ1) is 16.7. The molecule has 0 unspecified atom stereocenters. The monoisotopic (exact) mass is 330 g/mol. The summed E-state index contributed by atoms with van der Waals surface area (Å²) in [6.07, 6.45) is 0. The van der Waals surface area contributed by atoms with E-state index in [4.69, 9.17) is 4.74 Å². The average Bonchev–Trinajstić information content (AvgIpc) is 2.66. The zero-order valence-electron chi connectivity index (χ0n) is 13.9. The van der Waals surface area contributed by atoms with E-state index in [0.29, 0.717) is 11.1 Å². The Kier molecular flexibility index (Phi) is 5.05. The van der Waals surface area contributed by atoms with Crippen LogP contribution in [0.3, 0.4) is 0 Å². The summed E-state index contributed by atoms with van der Waals surface area (Å²) in [5.41, 5.74) is 4.07. The molecule has 124 valence electrons. The third kappa shape index (κ3) is 4.21. The van der Waals surface area contributed by atoms with Gasteiger partial charge in [0.15, 0.2) is 12.4 Å². The summed E-state index contributed by atoms with van der Waals surface area (Å²) in [5.74, 6) is -0.710. The van der Waals surface area contributed by atoms with Gasteiger partial charge in [0.05, 0.1) is 5.56 Å². The molecule has 3 nitrogen and oxygen atoms in total. The number of carbonyl (C=O) groups is 2. The largest absolute Gasteiger partial charge is 0.454 e. The van der Waals surface area contributed by atoms with Gasteiger partial charge in [0.2, 0.25) is 0 Å². The summed E-state index contributed by atoms with van der Waals surface area (Å²) >= 11 is 0. The maximum atomic E-state index is 12.2. The third-order valence-electron chi connectivity index (χ3n) is 3.90. The predicted octanol–water partition coefficient (Wildman–Crippen LogP) is 4.70. The lowest BCUT2D eigenvalue weighted by Gasteiger charge is -2.06. The molecule has 0 aliphatic rings. The van der Waals surface area contributed by atoms with Crippen molar-refractivity contribution in [2.75, 3.05) is 6.61 Å². The Bertz CT molecular complexity index is 881. The number of ketones is 1. The molecule has 3 aromatic rings. The summed E-state index contributed by atoms with van der Waals surface area (Å²) in [5, 5.41) is 0. The van der Waals surface area contributed by atoms with Crippen molar-refractivity contribution in [3.8, 4) is 11.1 Å². The van der Waals surface area contributed by atoms with Crippen molar-refractivity contribution >= 4 is 11.8 Å². The van der Waals surface area contributed by atoms with Crippen molar-refractivity contribution in [2.45, 2.75) is 6.92 Å². The van der Waals surface area contributed by atoms with Crippen LogP contribution < -0.4 is 0 Å². The highest BCUT2D eigenvalue weighted by Crippen LogP contribution is 2.19. The first-order valence-corrected chi connectivity index (χ1v) is 8.06. The Morgan fingerprint density at radius 2 is 1.44 bits per heavy atom. The molecule has 0 atom stereocenters. The van der Waals surface area contributed by atoms with Crippen molar-refractivity contribution in [2.24, 2.45) is 0 Å². The van der Waals surface area contributed by atoms with Crippen LogP contribution in [0.4, 0.5) is 0 Å². The molecule has 0 aliphatic heterocycles. The lowest BCUT2D eigenvalue weighted by Crippen LogP contribution is -2.14. The van der Waals surface area contributed by atoms with Crippen LogP contribution in [-0.2, 0) is 4.74 Å². The van der Waals surface area contributed by atoms with Gasteiger partial charge in [-0.2, -0.15) is 0 Å². The molecule has 0 fully saturated rings. The summed E-state index contributed by atoms with van der Waals surface area (Å²) in [4.78, 5) is 24.2. The van der Waals surface area contributed by atoms with E-state index in [1.807, 2.05) is 55.5 Å². The topological polar surface area (TPSA) is 43.4 Å². The fraction of sp³-hybridized carbons (Fsp3) is 0.0909. The van der Waals surface area contributed by atoms with Crippen LogP contribution in [-0.4, -0.2) is 18.4 Å². The molecule has 0 heterocycles. The molecule has 0 amide bonds. The van der Waals surface area contributed by atoms with Crippen LogP contribution in [0, 0.1) is 6.92 Å². The predicted molar refractivity (Wildman–Crippen MR) is 97.7 cm³/mol. The number of hydrogen-bond acceptors (Lipinski definition) is 3. The van der Waals surface area contributed by atoms with E-state index in [-0.39, 0.29) is 12.4 Å². The Balaban J connectivity index is 1.63. The van der Waals surface area contributed by atoms with Crippen LogP contribution >= 0.6 is 0 Å². The molecule has 0 radical (unpaired) electrons. The molecule has 0 spiro atoms. The fourth-order valence-electron chi connectivity index (χ4n) is 2.55. The van der Waals surface area contributed by atoms with Gasteiger partial charge in [-0.25, -0.2) is 4.79 Å². The second-order valence-corrected chi connectivity index (χ2v) is 5.81. The molecule has 0 aliphatic carbocycles. The lowest BCUT2D eigenvalue weighted by molar-refractivity contribution is 0.0474. The normalized spacial score (nSPS) is 10.3. The van der Waals surface area contributed by atoms with Crippen molar-refractivity contribution < 1.29 is 14.3 Å². The highest BCUT2D eigenvalue weighted by atomic mass is 16.5. The van der Waals surface area contributed by atoms with E-state index >= 15 is 0 Å². The Morgan fingerprint density at radius 1 is 0.760 bits per heavy atom. The van der Waals surface area contributed by atoms with Crippen LogP contribution in [0.1, 0.15) is 26.3 Å². The summed E-state index contributed by atoms with van der Waals surface area (Å²) in [6.45, 7) is 1.63. The van der Waals surface area contributed by atoms with Gasteiger partial charge in [0, 0.05) is 5.56 Å². The lowest BCUT2D eigenvalue weighted by atomic mass is 10.0. The zero-order valence-corrected chi connectivity index (χ0v) is 13.9. The molecule has 0 N–H and O–H groups in total. The van der Waals surface area contributed by atoms with Crippen LogP contribution in [0.15, 0.2) is 78.9 Å². The van der Waals surface area contributed by atoms with Gasteiger partial charge >= 0.3 is 5.97 Å². The molecule has 3 aromatic carbocycles. The Hall–Kier alpha value is -3.20. The minimum absolute atomic E-state index is 0.222. The van der Waals surface area contributed by atoms with Gasteiger partial charge in [-0.3, -0.25) is 4.79 Å². The van der Waals surface area contributed by atoms with E-state index in [1.165, 1.54) is 0 Å². The number of esters is 1. The van der Waals surface area contributed by atoms with Gasteiger partial charge in [0.25, 0.3) is 0 Å². The average molecular weight is 330 g/mol. The summed E-state index contributed by atoms with van der Waals surface area (Å²) in [7, 11) is 0. The minimum atomic E-state index is -0.488. The van der Waals surface area contributed by atoms with E-state index in [0.717, 1.165) is 16.7 Å². The quantitative estimate of drug-likeness (QED) is 0.503. The molecular weight excluding hydrogens is 312 g/mol. The van der Waals surface area contributed by atoms with Gasteiger partial charge in [0.1, 0.15) is 0 Å². The van der Waals surface area contributed by atoms with Gasteiger partial charge in [-0.15, -0.1) is 0 Å². The van der Waals surface area contributed by atoms with E-state index in [2.05, 4.69) is 0 Å². The summed E-state index contributed by atoms with van der Waals surface area (Å²) < 4.78 is 5.13. The minimum Gasteiger partial charge on any atom is -0.454 e. The molecule has 3 rings (SSSR count). The van der Waals surface area contributed by atoms with Gasteiger partial charge < -0.3 is 4.74 Å². The molecule has 0 saturated carbocycles. The van der Waals surface area contributed by atoms with Crippen molar-refractivity contribution in [3.05, 3.63) is 95.6 Å². The van der Waals surface area contributed by atoms with Crippen molar-refractivity contribution in [1.29, 1.82) is 0 Å². The number of ether oxygens (including phenoxy) is 1. The molecule has 0 saturated heterocycles. The number of carbonyl (C=O) groups excluding carboxylic acids is 2. The van der Waals surface area contributed by atoms with E-state index in [9.17, 15) is 9.59 Å². The standard InChI is InChI=1S/C22H18O3/c1-16-6-5-9-20(14-16)22(24)25-15-21(23)19-12-10-18(11-13-19)17-7-3-2-4-8-17/h2-14H,15H2,1H3. The van der Waals surface area contributed by atoms with Crippen LogP contribution in [0.5, 0.6) is 0 Å². The number of hydrogen-bond donors (Lipinski definition) is 0. The molecule has 25 heavy (non-hydrogen) atoms. The molecule has 0 aromatic heterocycles. The Labute approximate surface area is 146 Å². The van der Waals surface area contributed by atoms with Crippen molar-refractivity contribution in [1.82, 2.24) is 0 Å². The number of aryl methyl sites for hydroxylation is 1. The molecule has 3 heteroatoms. The summed E-state index contributed by atoms with van der Waals surface area (Å²) in [6, 6.07) is 24.3. The van der Waals surface area contributed by atoms with Crippen LogP contribution in [0.25, 0.3) is 11.1 Å². The second-order valence-electron chi connectivity index (χ2n) is 5.81. The smallest absolute Gasteiger partial charge is 0.338 e.